The van der Waals surface area contributed by atoms with Crippen LogP contribution in [0.15, 0.2) is 6.07 Å². The number of aromatic nitrogens is 2. The molecule has 19 heavy (non-hydrogen) atoms. The van der Waals surface area contributed by atoms with Crippen LogP contribution in [0.25, 0.3) is 0 Å². The third kappa shape index (κ3) is 3.72. The van der Waals surface area contributed by atoms with Crippen LogP contribution in [0, 0.1) is 12.8 Å². The van der Waals surface area contributed by atoms with Gasteiger partial charge in [-0.25, -0.2) is 4.98 Å². The second-order valence-corrected chi connectivity index (χ2v) is 6.10. The second kappa shape index (κ2) is 5.95. The molecule has 0 N–H and O–H groups in total. The van der Waals surface area contributed by atoms with E-state index >= 15 is 0 Å². The molecule has 0 bridgehead atoms. The van der Waals surface area contributed by atoms with E-state index in [1.54, 1.807) is 0 Å². The molecule has 0 aromatic carbocycles. The highest BCUT2D eigenvalue weighted by Gasteiger charge is 2.26. The topological polar surface area (TPSA) is 38.2 Å². The van der Waals surface area contributed by atoms with Crippen LogP contribution in [-0.4, -0.2) is 34.5 Å². The van der Waals surface area contributed by atoms with E-state index in [2.05, 4.69) is 21.8 Å². The van der Waals surface area contributed by atoms with E-state index in [0.717, 1.165) is 31.2 Å². The quantitative estimate of drug-likeness (QED) is 0.799. The summed E-state index contributed by atoms with van der Waals surface area (Å²) in [6.07, 6.45) is 1.09. The lowest BCUT2D eigenvalue weighted by Crippen LogP contribution is -2.40. The van der Waals surface area contributed by atoms with Gasteiger partial charge in [0.2, 0.25) is 11.8 Å². The summed E-state index contributed by atoms with van der Waals surface area (Å²) >= 11 is 6.26. The maximum Gasteiger partial charge on any atom is 0.228 e. The average molecular weight is 284 g/mol. The number of hydrogen-bond acceptors (Lipinski definition) is 4. The Balaban J connectivity index is 2.17. The van der Waals surface area contributed by atoms with Crippen molar-refractivity contribution in [1.29, 1.82) is 0 Å². The van der Waals surface area contributed by atoms with Gasteiger partial charge < -0.3 is 9.64 Å². The first-order valence-corrected chi connectivity index (χ1v) is 7.30. The molecule has 2 heterocycles. The Morgan fingerprint density at radius 3 is 2.79 bits per heavy atom. The standard InChI is InChI=1S/C14H22ClN3O/c1-9(2)19-13-7-11(4)16-14(17-13)18-6-5-12(15)10(3)8-18/h7,9-10,12H,5-6,8H2,1-4H3. The maximum absolute atomic E-state index is 6.26. The first kappa shape index (κ1) is 14.4. The number of anilines is 1. The molecular weight excluding hydrogens is 262 g/mol. The normalized spacial score (nSPS) is 23.8. The molecule has 1 aliphatic heterocycles. The first-order valence-electron chi connectivity index (χ1n) is 6.87. The summed E-state index contributed by atoms with van der Waals surface area (Å²) in [6, 6.07) is 1.88. The summed E-state index contributed by atoms with van der Waals surface area (Å²) in [6.45, 7) is 9.94. The molecule has 0 saturated carbocycles. The molecule has 1 aromatic heterocycles. The molecule has 1 fully saturated rings. The SMILES string of the molecule is Cc1cc(OC(C)C)nc(N2CCC(Cl)C(C)C2)n1. The van der Waals surface area contributed by atoms with Crippen molar-refractivity contribution in [2.75, 3.05) is 18.0 Å². The van der Waals surface area contributed by atoms with Gasteiger partial charge in [-0.15, -0.1) is 11.6 Å². The zero-order chi connectivity index (χ0) is 14.0. The van der Waals surface area contributed by atoms with Crippen molar-refractivity contribution in [3.05, 3.63) is 11.8 Å². The molecule has 2 unspecified atom stereocenters. The van der Waals surface area contributed by atoms with Crippen LogP contribution in [0.2, 0.25) is 0 Å². The number of alkyl halides is 1. The summed E-state index contributed by atoms with van der Waals surface area (Å²) in [4.78, 5) is 11.2. The molecule has 0 aliphatic carbocycles. The number of rotatable bonds is 3. The lowest BCUT2D eigenvalue weighted by atomic mass is 10.00. The molecule has 1 saturated heterocycles. The van der Waals surface area contributed by atoms with Crippen molar-refractivity contribution >= 4 is 17.5 Å². The predicted octanol–water partition coefficient (Wildman–Crippen LogP) is 3.03. The summed E-state index contributed by atoms with van der Waals surface area (Å²) < 4.78 is 5.67. The van der Waals surface area contributed by atoms with Crippen LogP contribution < -0.4 is 9.64 Å². The number of halogens is 1. The molecule has 2 atom stereocenters. The zero-order valence-corrected chi connectivity index (χ0v) is 12.8. The van der Waals surface area contributed by atoms with Gasteiger partial charge in [-0.05, 0) is 33.1 Å². The average Bonchev–Trinajstić information content (AvgIpc) is 2.31. The monoisotopic (exact) mass is 283 g/mol. The van der Waals surface area contributed by atoms with Gasteiger partial charge in [0, 0.05) is 30.2 Å². The lowest BCUT2D eigenvalue weighted by Gasteiger charge is -2.34. The predicted molar refractivity (Wildman–Crippen MR) is 78.2 cm³/mol. The molecule has 4 nitrogen and oxygen atoms in total. The molecule has 5 heteroatoms. The van der Waals surface area contributed by atoms with Crippen LogP contribution in [0.4, 0.5) is 5.95 Å². The van der Waals surface area contributed by atoms with Crippen molar-refractivity contribution in [3.8, 4) is 5.88 Å². The van der Waals surface area contributed by atoms with Crippen molar-refractivity contribution in [3.63, 3.8) is 0 Å². The van der Waals surface area contributed by atoms with Gasteiger partial charge in [-0.1, -0.05) is 6.92 Å². The highest BCUT2D eigenvalue weighted by Crippen LogP contribution is 2.25. The highest BCUT2D eigenvalue weighted by molar-refractivity contribution is 6.20. The Morgan fingerprint density at radius 2 is 2.16 bits per heavy atom. The highest BCUT2D eigenvalue weighted by atomic mass is 35.5. The van der Waals surface area contributed by atoms with E-state index in [1.807, 2.05) is 26.8 Å². The minimum absolute atomic E-state index is 0.120. The summed E-state index contributed by atoms with van der Waals surface area (Å²) in [5.41, 5.74) is 0.932. The summed E-state index contributed by atoms with van der Waals surface area (Å²) in [5.74, 6) is 1.86. The Bertz CT molecular complexity index is 439. The fourth-order valence-electron chi connectivity index (χ4n) is 2.27. The van der Waals surface area contributed by atoms with Crippen LogP contribution in [0.3, 0.4) is 0 Å². The molecule has 1 aliphatic rings. The van der Waals surface area contributed by atoms with E-state index in [0.29, 0.717) is 11.8 Å². The Hall–Kier alpha value is -1.03. The van der Waals surface area contributed by atoms with E-state index in [1.165, 1.54) is 0 Å². The minimum atomic E-state index is 0.120. The summed E-state index contributed by atoms with van der Waals surface area (Å²) in [7, 11) is 0. The van der Waals surface area contributed by atoms with Crippen molar-refractivity contribution in [2.45, 2.75) is 45.6 Å². The van der Waals surface area contributed by atoms with Gasteiger partial charge >= 0.3 is 0 Å². The second-order valence-electron chi connectivity index (χ2n) is 5.54. The van der Waals surface area contributed by atoms with E-state index in [-0.39, 0.29) is 11.5 Å². The molecule has 0 amide bonds. The maximum atomic E-state index is 6.26. The first-order chi connectivity index (χ1) is 8.95. The fourth-order valence-corrected chi connectivity index (χ4v) is 2.44. The minimum Gasteiger partial charge on any atom is -0.475 e. The largest absolute Gasteiger partial charge is 0.475 e. The van der Waals surface area contributed by atoms with Gasteiger partial charge in [-0.3, -0.25) is 0 Å². The number of ether oxygens (including phenoxy) is 1. The van der Waals surface area contributed by atoms with E-state index in [4.69, 9.17) is 16.3 Å². The van der Waals surface area contributed by atoms with Crippen LogP contribution in [-0.2, 0) is 0 Å². The number of nitrogens with zero attached hydrogens (tertiary/aromatic N) is 3. The molecule has 2 rings (SSSR count). The zero-order valence-electron chi connectivity index (χ0n) is 12.1. The van der Waals surface area contributed by atoms with Crippen molar-refractivity contribution in [2.24, 2.45) is 5.92 Å². The Labute approximate surface area is 120 Å². The fraction of sp³-hybridized carbons (Fsp3) is 0.714. The van der Waals surface area contributed by atoms with Gasteiger partial charge in [-0.2, -0.15) is 4.98 Å². The van der Waals surface area contributed by atoms with Gasteiger partial charge in [0.15, 0.2) is 0 Å². The molecule has 106 valence electrons. The van der Waals surface area contributed by atoms with Crippen LogP contribution in [0.1, 0.15) is 32.9 Å². The lowest BCUT2D eigenvalue weighted by molar-refractivity contribution is 0.232. The van der Waals surface area contributed by atoms with E-state index in [9.17, 15) is 0 Å². The van der Waals surface area contributed by atoms with Crippen LogP contribution >= 0.6 is 11.6 Å². The van der Waals surface area contributed by atoms with Gasteiger partial charge in [0.25, 0.3) is 0 Å². The van der Waals surface area contributed by atoms with Crippen LogP contribution in [0.5, 0.6) is 5.88 Å². The number of piperidine rings is 1. The Morgan fingerprint density at radius 1 is 1.42 bits per heavy atom. The third-order valence-electron chi connectivity index (χ3n) is 3.26. The molecule has 1 aromatic rings. The third-order valence-corrected chi connectivity index (χ3v) is 3.91. The van der Waals surface area contributed by atoms with Crippen molar-refractivity contribution in [1.82, 2.24) is 9.97 Å². The molecular formula is C14H22ClN3O. The Kier molecular flexibility index (Phi) is 4.50. The van der Waals surface area contributed by atoms with E-state index < -0.39 is 0 Å². The molecule has 0 spiro atoms. The van der Waals surface area contributed by atoms with Gasteiger partial charge in [0.05, 0.1) is 6.10 Å². The number of aryl methyl sites for hydroxylation is 1. The summed E-state index contributed by atoms with van der Waals surface area (Å²) in [5, 5.41) is 0.257. The van der Waals surface area contributed by atoms with Crippen molar-refractivity contribution < 1.29 is 4.74 Å². The number of hydrogen-bond donors (Lipinski definition) is 0. The molecule has 0 radical (unpaired) electrons. The smallest absolute Gasteiger partial charge is 0.228 e. The van der Waals surface area contributed by atoms with Gasteiger partial charge in [0.1, 0.15) is 0 Å².